The van der Waals surface area contributed by atoms with E-state index >= 15 is 0 Å². The van der Waals surface area contributed by atoms with Crippen LogP contribution in [-0.4, -0.2) is 12.7 Å². The molecule has 1 aliphatic carbocycles. The third-order valence-corrected chi connectivity index (χ3v) is 4.72. The van der Waals surface area contributed by atoms with Crippen LogP contribution in [0.25, 0.3) is 21.9 Å². The molecule has 0 unspecified atom stereocenters. The van der Waals surface area contributed by atoms with Gasteiger partial charge in [0.15, 0.2) is 0 Å². The molecule has 3 aromatic rings. The number of benzene rings is 3. The van der Waals surface area contributed by atoms with Gasteiger partial charge in [0.05, 0.1) is 0 Å². The van der Waals surface area contributed by atoms with E-state index in [2.05, 4.69) is 56.3 Å². The highest BCUT2D eigenvalue weighted by atomic mass is 16.5. The monoisotopic (exact) mass is 287 g/mol. The third kappa shape index (κ3) is 1.72. The van der Waals surface area contributed by atoms with Crippen LogP contribution < -0.4 is 4.65 Å². The summed E-state index contributed by atoms with van der Waals surface area (Å²) in [6.07, 6.45) is 0. The van der Waals surface area contributed by atoms with Crippen LogP contribution in [0, 0.1) is 0 Å². The molecule has 22 heavy (non-hydrogen) atoms. The molecule has 0 heterocycles. The van der Waals surface area contributed by atoms with Crippen molar-refractivity contribution in [1.29, 1.82) is 0 Å². The molecule has 3 heteroatoms. The molecule has 0 aliphatic heterocycles. The summed E-state index contributed by atoms with van der Waals surface area (Å²) in [5.74, 6) is 0.659. The lowest BCUT2D eigenvalue weighted by Gasteiger charge is -2.22. The van der Waals surface area contributed by atoms with Crippen molar-refractivity contribution in [2.75, 3.05) is 0 Å². The Balaban J connectivity index is 2.05. The largest absolute Gasteiger partial charge is 0.569 e. The van der Waals surface area contributed by atoms with Crippen LogP contribution in [0.15, 0.2) is 54.6 Å². The van der Waals surface area contributed by atoms with Crippen LogP contribution in [0.4, 0.5) is 0 Å². The van der Waals surface area contributed by atoms with Crippen molar-refractivity contribution >= 4 is 18.5 Å². The lowest BCUT2D eigenvalue weighted by atomic mass is 9.82. The van der Waals surface area contributed by atoms with Crippen molar-refractivity contribution in [2.24, 2.45) is 0 Å². The van der Waals surface area contributed by atoms with Crippen molar-refractivity contribution < 1.29 is 9.68 Å². The zero-order valence-electron chi connectivity index (χ0n) is 12.6. The predicted octanol–water partition coefficient (Wildman–Crippen LogP) is 4.05. The molecule has 2 nitrogen and oxygen atoms in total. The van der Waals surface area contributed by atoms with Gasteiger partial charge in [0.1, 0.15) is 5.75 Å². The van der Waals surface area contributed by atoms with E-state index < -0.39 is 0 Å². The summed E-state index contributed by atoms with van der Waals surface area (Å²) in [5, 5.41) is 11.4. The Morgan fingerprint density at radius 2 is 1.77 bits per heavy atom. The average molecular weight is 287 g/mol. The van der Waals surface area contributed by atoms with Gasteiger partial charge in [-0.1, -0.05) is 56.3 Å². The molecule has 0 saturated heterocycles. The average Bonchev–Trinajstić information content (AvgIpc) is 2.76. The summed E-state index contributed by atoms with van der Waals surface area (Å²) in [6, 6.07) is 18.9. The summed E-state index contributed by atoms with van der Waals surface area (Å²) in [4.78, 5) is 0. The van der Waals surface area contributed by atoms with E-state index in [-0.39, 0.29) is 5.41 Å². The van der Waals surface area contributed by atoms with Crippen LogP contribution in [0.3, 0.4) is 0 Å². The van der Waals surface area contributed by atoms with E-state index in [1.54, 1.807) is 0 Å². The number of rotatable bonds is 2. The van der Waals surface area contributed by atoms with Gasteiger partial charge >= 0.3 is 7.69 Å². The molecule has 107 valence electrons. The molecule has 0 bridgehead atoms. The van der Waals surface area contributed by atoms with E-state index in [1.807, 2.05) is 12.1 Å². The highest BCUT2D eigenvalue weighted by Crippen LogP contribution is 2.51. The van der Waals surface area contributed by atoms with E-state index in [4.69, 9.17) is 9.68 Å². The first-order chi connectivity index (χ1) is 10.6. The van der Waals surface area contributed by atoms with Gasteiger partial charge in [-0.3, -0.25) is 0 Å². The zero-order chi connectivity index (χ0) is 15.3. The van der Waals surface area contributed by atoms with Gasteiger partial charge in [0, 0.05) is 5.41 Å². The van der Waals surface area contributed by atoms with Crippen LogP contribution >= 0.6 is 0 Å². The highest BCUT2D eigenvalue weighted by molar-refractivity contribution is 6.17. The molecule has 3 aromatic carbocycles. The molecule has 0 atom stereocenters. The van der Waals surface area contributed by atoms with Gasteiger partial charge < -0.3 is 9.68 Å². The Kier molecular flexibility index (Phi) is 2.82. The smallest absolute Gasteiger partial charge is 0.537 e. The molecule has 0 amide bonds. The van der Waals surface area contributed by atoms with Gasteiger partial charge in [-0.15, -0.1) is 0 Å². The lowest BCUT2D eigenvalue weighted by Crippen LogP contribution is -2.15. The summed E-state index contributed by atoms with van der Waals surface area (Å²) in [7, 11) is 0.728. The van der Waals surface area contributed by atoms with Crippen molar-refractivity contribution in [3.05, 3.63) is 65.7 Å². The van der Waals surface area contributed by atoms with Crippen LogP contribution in [0.5, 0.6) is 5.75 Å². The van der Waals surface area contributed by atoms with Crippen molar-refractivity contribution in [1.82, 2.24) is 0 Å². The fraction of sp³-hybridized carbons (Fsp3) is 0.158. The van der Waals surface area contributed by atoms with E-state index in [9.17, 15) is 0 Å². The minimum Gasteiger partial charge on any atom is -0.537 e. The molecule has 1 N–H and O–H groups in total. The first-order valence-corrected chi connectivity index (χ1v) is 7.42. The lowest BCUT2D eigenvalue weighted by molar-refractivity contribution is 0.453. The summed E-state index contributed by atoms with van der Waals surface area (Å²) < 4.78 is 5.14. The van der Waals surface area contributed by atoms with E-state index in [1.165, 1.54) is 33.0 Å². The third-order valence-electron chi connectivity index (χ3n) is 4.72. The Morgan fingerprint density at radius 3 is 2.59 bits per heavy atom. The van der Waals surface area contributed by atoms with Crippen molar-refractivity contribution in [3.63, 3.8) is 0 Å². The van der Waals surface area contributed by atoms with Crippen LogP contribution in [0.1, 0.15) is 25.0 Å². The van der Waals surface area contributed by atoms with Crippen LogP contribution in [0.2, 0.25) is 0 Å². The molecule has 1 aliphatic rings. The Hall–Kier alpha value is -2.26. The second-order valence-electron chi connectivity index (χ2n) is 6.26. The molecule has 0 saturated carbocycles. The van der Waals surface area contributed by atoms with Gasteiger partial charge in [0.25, 0.3) is 0 Å². The summed E-state index contributed by atoms with van der Waals surface area (Å²) in [5.41, 5.74) is 5.06. The second kappa shape index (κ2) is 4.62. The van der Waals surface area contributed by atoms with Gasteiger partial charge in [-0.25, -0.2) is 0 Å². The topological polar surface area (TPSA) is 29.5 Å². The molecule has 0 spiro atoms. The molecule has 4 rings (SSSR count). The Bertz CT molecular complexity index is 884. The molecule has 1 radical (unpaired) electrons. The normalized spacial score (nSPS) is 14.5. The molecule has 0 fully saturated rings. The maximum Gasteiger partial charge on any atom is 0.569 e. The first kappa shape index (κ1) is 13.4. The minimum absolute atomic E-state index is 0.0798. The number of hydrogen-bond acceptors (Lipinski definition) is 2. The quantitative estimate of drug-likeness (QED) is 0.720. The van der Waals surface area contributed by atoms with E-state index in [0.717, 1.165) is 7.69 Å². The fourth-order valence-electron chi connectivity index (χ4n) is 3.62. The van der Waals surface area contributed by atoms with E-state index in [0.29, 0.717) is 5.75 Å². The SMILES string of the molecule is CC1(C)c2cc(O[B]O)ccc2-c2c1ccc1ccccc21. The second-order valence-corrected chi connectivity index (χ2v) is 6.26. The van der Waals surface area contributed by atoms with Gasteiger partial charge in [-0.05, 0) is 45.2 Å². The van der Waals surface area contributed by atoms with Crippen molar-refractivity contribution in [3.8, 4) is 16.9 Å². The summed E-state index contributed by atoms with van der Waals surface area (Å²) in [6.45, 7) is 4.47. The Morgan fingerprint density at radius 1 is 0.955 bits per heavy atom. The highest BCUT2D eigenvalue weighted by Gasteiger charge is 2.36. The number of hydrogen-bond donors (Lipinski definition) is 1. The summed E-state index contributed by atoms with van der Waals surface area (Å²) >= 11 is 0. The standard InChI is InChI=1S/C19H16BO2/c1-19(2)16-10-7-12-5-3-4-6-14(12)18(16)15-9-8-13(22-20-21)11-17(15)19/h3-11,21H,1-2H3. The minimum atomic E-state index is -0.0798. The molecular weight excluding hydrogens is 271 g/mol. The van der Waals surface area contributed by atoms with Crippen molar-refractivity contribution in [2.45, 2.75) is 19.3 Å². The molecule has 0 aromatic heterocycles. The maximum atomic E-state index is 8.87. The zero-order valence-corrected chi connectivity index (χ0v) is 12.6. The number of fused-ring (bicyclic) bond motifs is 5. The Labute approximate surface area is 130 Å². The van der Waals surface area contributed by atoms with Gasteiger partial charge in [0.2, 0.25) is 0 Å². The molecular formula is C19H16BO2. The van der Waals surface area contributed by atoms with Gasteiger partial charge in [-0.2, -0.15) is 0 Å². The van der Waals surface area contributed by atoms with Crippen LogP contribution in [-0.2, 0) is 5.41 Å². The fourth-order valence-corrected chi connectivity index (χ4v) is 3.62. The maximum absolute atomic E-state index is 8.87. The predicted molar refractivity (Wildman–Crippen MR) is 90.1 cm³/mol. The first-order valence-electron chi connectivity index (χ1n) is 7.42.